The second-order valence-corrected chi connectivity index (χ2v) is 5.97. The molecule has 1 radical (unpaired) electrons. The molecule has 1 saturated heterocycles. The Bertz CT molecular complexity index is 649. The standard InChI is InChI=1S/C19H21O4.Y/c1-12-16(20)17(21)18(22)19(23-12)15-9-5-8-14(11-15)10-13-6-3-2-4-7-13;/h2-9,11-12,16-22H,1,10H2;/q-1;/t12-,16-,17+,18-,19+;/m1./s1. The number of aliphatic hydroxyl groups excluding tert-OH is 3. The molecule has 2 aromatic carbocycles. The van der Waals surface area contributed by atoms with Crippen LogP contribution in [0.4, 0.5) is 0 Å². The maximum atomic E-state index is 10.2. The average Bonchev–Trinajstić information content (AvgIpc) is 2.57. The van der Waals surface area contributed by atoms with Crippen LogP contribution in [0.25, 0.3) is 0 Å². The van der Waals surface area contributed by atoms with Crippen LogP contribution in [-0.4, -0.2) is 39.7 Å². The van der Waals surface area contributed by atoms with E-state index in [0.717, 1.165) is 17.5 Å². The Kier molecular flexibility index (Phi) is 7.11. The van der Waals surface area contributed by atoms with Crippen molar-refractivity contribution in [2.45, 2.75) is 36.9 Å². The fourth-order valence-electron chi connectivity index (χ4n) is 2.94. The Morgan fingerprint density at radius 1 is 0.833 bits per heavy atom. The summed E-state index contributed by atoms with van der Waals surface area (Å²) in [5, 5.41) is 29.9. The fraction of sp³-hybridized carbons (Fsp3) is 0.316. The van der Waals surface area contributed by atoms with Crippen molar-refractivity contribution < 1.29 is 52.8 Å². The molecule has 0 spiro atoms. The Morgan fingerprint density at radius 3 is 2.21 bits per heavy atom. The van der Waals surface area contributed by atoms with Crippen LogP contribution >= 0.6 is 0 Å². The summed E-state index contributed by atoms with van der Waals surface area (Å²) in [6.45, 7) is 3.69. The van der Waals surface area contributed by atoms with Gasteiger partial charge in [-0.15, -0.1) is 0 Å². The molecule has 0 amide bonds. The number of benzene rings is 2. The molecule has 2 aromatic rings. The summed E-state index contributed by atoms with van der Waals surface area (Å²) >= 11 is 0. The van der Waals surface area contributed by atoms with Gasteiger partial charge < -0.3 is 27.0 Å². The van der Waals surface area contributed by atoms with Crippen LogP contribution in [0.3, 0.4) is 0 Å². The van der Waals surface area contributed by atoms with Gasteiger partial charge >= 0.3 is 0 Å². The molecule has 0 bridgehead atoms. The molecule has 125 valence electrons. The zero-order valence-corrected chi connectivity index (χ0v) is 16.2. The molecule has 5 atom stereocenters. The van der Waals surface area contributed by atoms with E-state index < -0.39 is 30.5 Å². The number of ether oxygens (including phenoxy) is 1. The molecule has 4 nitrogen and oxygen atoms in total. The van der Waals surface area contributed by atoms with E-state index in [-0.39, 0.29) is 32.7 Å². The molecule has 1 fully saturated rings. The smallest absolute Gasteiger partial charge is 0.113 e. The van der Waals surface area contributed by atoms with Crippen molar-refractivity contribution >= 4 is 0 Å². The van der Waals surface area contributed by atoms with Gasteiger partial charge in [-0.2, -0.15) is 0 Å². The molecule has 24 heavy (non-hydrogen) atoms. The van der Waals surface area contributed by atoms with E-state index in [0.29, 0.717) is 0 Å². The van der Waals surface area contributed by atoms with Crippen molar-refractivity contribution in [3.05, 3.63) is 78.2 Å². The number of rotatable bonds is 3. The Morgan fingerprint density at radius 2 is 1.50 bits per heavy atom. The summed E-state index contributed by atoms with van der Waals surface area (Å²) in [5.74, 6) is 0. The molecule has 0 aromatic heterocycles. The van der Waals surface area contributed by atoms with E-state index in [4.69, 9.17) is 4.74 Å². The van der Waals surface area contributed by atoms with Gasteiger partial charge in [0.2, 0.25) is 0 Å². The van der Waals surface area contributed by atoms with Crippen molar-refractivity contribution in [2.75, 3.05) is 0 Å². The van der Waals surface area contributed by atoms with E-state index in [1.807, 2.05) is 42.5 Å². The van der Waals surface area contributed by atoms with Gasteiger partial charge in [-0.1, -0.05) is 54.6 Å². The summed E-state index contributed by atoms with van der Waals surface area (Å²) < 4.78 is 5.60. The maximum Gasteiger partial charge on any atom is 0.113 e. The summed E-state index contributed by atoms with van der Waals surface area (Å²) in [6.07, 6.45) is -4.35. The molecule has 1 aliphatic heterocycles. The number of hydrogen-bond donors (Lipinski definition) is 3. The fourth-order valence-corrected chi connectivity index (χ4v) is 2.94. The average molecular weight is 402 g/mol. The van der Waals surface area contributed by atoms with Gasteiger partial charge in [0.05, 0.1) is 6.10 Å². The SMILES string of the molecule is [CH2-][C@H]1O[C@@H](c2cccc(Cc3ccccc3)c2)[C@H](O)[C@@H](O)[C@@H]1O.[Y]. The summed E-state index contributed by atoms with van der Waals surface area (Å²) in [7, 11) is 0. The monoisotopic (exact) mass is 402 g/mol. The van der Waals surface area contributed by atoms with Crippen LogP contribution in [-0.2, 0) is 43.9 Å². The van der Waals surface area contributed by atoms with Gasteiger partial charge in [0.15, 0.2) is 0 Å². The van der Waals surface area contributed by atoms with Crippen molar-refractivity contribution in [3.8, 4) is 0 Å². The van der Waals surface area contributed by atoms with Gasteiger partial charge in [-0.05, 0) is 29.2 Å². The molecule has 3 N–H and O–H groups in total. The number of hydrogen-bond acceptors (Lipinski definition) is 4. The Hall–Kier alpha value is -0.616. The molecule has 0 unspecified atom stereocenters. The second-order valence-electron chi connectivity index (χ2n) is 5.97. The van der Waals surface area contributed by atoms with Crippen LogP contribution in [0.5, 0.6) is 0 Å². The minimum atomic E-state index is -1.27. The van der Waals surface area contributed by atoms with E-state index in [1.165, 1.54) is 5.56 Å². The predicted octanol–water partition coefficient (Wildman–Crippen LogP) is 1.63. The molecular weight excluding hydrogens is 381 g/mol. The maximum absolute atomic E-state index is 10.2. The van der Waals surface area contributed by atoms with Crippen LogP contribution < -0.4 is 0 Å². The number of aliphatic hydroxyl groups is 3. The van der Waals surface area contributed by atoms with Gasteiger partial charge in [-0.25, -0.2) is 0 Å². The first kappa shape index (κ1) is 19.7. The minimum Gasteiger partial charge on any atom is -0.397 e. The third-order valence-electron chi connectivity index (χ3n) is 4.24. The second kappa shape index (κ2) is 8.66. The summed E-state index contributed by atoms with van der Waals surface area (Å²) in [6, 6.07) is 17.8. The van der Waals surface area contributed by atoms with Gasteiger partial charge in [0, 0.05) is 32.7 Å². The van der Waals surface area contributed by atoms with Crippen molar-refractivity contribution in [3.63, 3.8) is 0 Å². The molecule has 1 heterocycles. The van der Waals surface area contributed by atoms with Gasteiger partial charge in [-0.3, -0.25) is 0 Å². The zero-order valence-electron chi connectivity index (χ0n) is 13.3. The molecule has 1 aliphatic rings. The third kappa shape index (κ3) is 4.31. The summed E-state index contributed by atoms with van der Waals surface area (Å²) in [4.78, 5) is 0. The van der Waals surface area contributed by atoms with Crippen molar-refractivity contribution in [1.82, 2.24) is 0 Å². The largest absolute Gasteiger partial charge is 0.397 e. The van der Waals surface area contributed by atoms with Crippen LogP contribution in [0, 0.1) is 6.92 Å². The molecule has 5 heteroatoms. The van der Waals surface area contributed by atoms with E-state index in [1.54, 1.807) is 0 Å². The minimum absolute atomic E-state index is 0. The first-order valence-corrected chi connectivity index (χ1v) is 7.72. The zero-order chi connectivity index (χ0) is 16.4. The van der Waals surface area contributed by atoms with Gasteiger partial charge in [0.25, 0.3) is 0 Å². The first-order chi connectivity index (χ1) is 11.1. The molecular formula is C19H21O4Y-. The Labute approximate surface area is 167 Å². The third-order valence-corrected chi connectivity index (χ3v) is 4.24. The molecule has 0 saturated carbocycles. The van der Waals surface area contributed by atoms with E-state index >= 15 is 0 Å². The molecule has 3 rings (SSSR count). The van der Waals surface area contributed by atoms with Crippen LogP contribution in [0.1, 0.15) is 22.8 Å². The first-order valence-electron chi connectivity index (χ1n) is 7.72. The van der Waals surface area contributed by atoms with Crippen LogP contribution in [0.15, 0.2) is 54.6 Å². The van der Waals surface area contributed by atoms with Crippen molar-refractivity contribution in [2.24, 2.45) is 0 Å². The Balaban J connectivity index is 0.00000208. The predicted molar refractivity (Wildman–Crippen MR) is 86.7 cm³/mol. The quantitative estimate of drug-likeness (QED) is 0.683. The topological polar surface area (TPSA) is 69.9 Å². The van der Waals surface area contributed by atoms with E-state index in [2.05, 4.69) is 19.1 Å². The molecule has 0 aliphatic carbocycles. The van der Waals surface area contributed by atoms with Crippen LogP contribution in [0.2, 0.25) is 0 Å². The summed E-state index contributed by atoms with van der Waals surface area (Å²) in [5.41, 5.74) is 3.05. The van der Waals surface area contributed by atoms with Crippen molar-refractivity contribution in [1.29, 1.82) is 0 Å². The van der Waals surface area contributed by atoms with Gasteiger partial charge in [0.1, 0.15) is 18.3 Å². The normalized spacial score (nSPS) is 29.8. The van der Waals surface area contributed by atoms with E-state index in [9.17, 15) is 15.3 Å².